The number of piperidine rings is 2. The molecule has 2 bridgehead atoms. The van der Waals surface area contributed by atoms with Gasteiger partial charge in [-0.25, -0.2) is 0 Å². The highest BCUT2D eigenvalue weighted by atomic mass is 16.5. The van der Waals surface area contributed by atoms with Gasteiger partial charge in [-0.15, -0.1) is 0 Å². The van der Waals surface area contributed by atoms with Crippen LogP contribution in [0.3, 0.4) is 0 Å². The second-order valence-corrected chi connectivity index (χ2v) is 6.64. The number of hydrogen-bond donors (Lipinski definition) is 2. The van der Waals surface area contributed by atoms with Gasteiger partial charge in [-0.3, -0.25) is 4.79 Å². The first kappa shape index (κ1) is 14.3. The summed E-state index contributed by atoms with van der Waals surface area (Å²) in [4.78, 5) is 14.9. The van der Waals surface area contributed by atoms with Crippen molar-refractivity contribution in [2.24, 2.45) is 0 Å². The van der Waals surface area contributed by atoms with Gasteiger partial charge in [0.15, 0.2) is 0 Å². The van der Waals surface area contributed by atoms with Crippen LogP contribution in [0.5, 0.6) is 0 Å². The maximum Gasteiger partial charge on any atom is 0.237 e. The zero-order chi connectivity index (χ0) is 14.1. The van der Waals surface area contributed by atoms with E-state index in [2.05, 4.69) is 22.6 Å². The van der Waals surface area contributed by atoms with Gasteiger partial charge in [-0.2, -0.15) is 0 Å². The van der Waals surface area contributed by atoms with Crippen LogP contribution < -0.4 is 10.6 Å². The fourth-order valence-corrected chi connectivity index (χ4v) is 4.12. The zero-order valence-electron chi connectivity index (χ0n) is 12.6. The molecule has 4 unspecified atom stereocenters. The van der Waals surface area contributed by atoms with Crippen LogP contribution in [0.25, 0.3) is 0 Å². The predicted octanol–water partition coefficient (Wildman–Crippen LogP) is 0.495. The van der Waals surface area contributed by atoms with Gasteiger partial charge in [0.05, 0.1) is 12.1 Å². The largest absolute Gasteiger partial charge is 0.380 e. The number of rotatable bonds is 3. The summed E-state index contributed by atoms with van der Waals surface area (Å²) in [6.07, 6.45) is 7.11. The quantitative estimate of drug-likeness (QED) is 0.791. The molecular formula is C15H27N3O2. The van der Waals surface area contributed by atoms with Crippen molar-refractivity contribution in [3.8, 4) is 0 Å². The van der Waals surface area contributed by atoms with Gasteiger partial charge in [0.2, 0.25) is 5.91 Å². The summed E-state index contributed by atoms with van der Waals surface area (Å²) in [7, 11) is 3.96. The van der Waals surface area contributed by atoms with Crippen LogP contribution >= 0.6 is 0 Å². The number of nitrogens with zero attached hydrogens (tertiary/aromatic N) is 1. The lowest BCUT2D eigenvalue weighted by molar-refractivity contribution is -0.124. The van der Waals surface area contributed by atoms with Crippen LogP contribution in [0.4, 0.5) is 0 Å². The van der Waals surface area contributed by atoms with Crippen LogP contribution in [0.1, 0.15) is 38.5 Å². The SMILES string of the molecule is COC1CNC(C(=O)NC2CC3CCCC(C2)N3C)C1. The minimum atomic E-state index is -0.0700. The average Bonchev–Trinajstić information content (AvgIpc) is 2.89. The lowest BCUT2D eigenvalue weighted by Gasteiger charge is -2.47. The Kier molecular flexibility index (Phi) is 4.29. The van der Waals surface area contributed by atoms with E-state index in [4.69, 9.17) is 4.74 Å². The van der Waals surface area contributed by atoms with E-state index >= 15 is 0 Å². The Hall–Kier alpha value is -0.650. The maximum atomic E-state index is 12.3. The van der Waals surface area contributed by atoms with Crippen molar-refractivity contribution in [1.82, 2.24) is 15.5 Å². The van der Waals surface area contributed by atoms with Gasteiger partial charge in [0, 0.05) is 31.8 Å². The topological polar surface area (TPSA) is 53.6 Å². The van der Waals surface area contributed by atoms with E-state index in [-0.39, 0.29) is 18.1 Å². The van der Waals surface area contributed by atoms with Crippen molar-refractivity contribution in [2.75, 3.05) is 20.7 Å². The molecule has 3 saturated heterocycles. The third-order valence-corrected chi connectivity index (χ3v) is 5.43. The van der Waals surface area contributed by atoms with E-state index in [1.807, 2.05) is 0 Å². The summed E-state index contributed by atoms with van der Waals surface area (Å²) in [6, 6.07) is 1.61. The molecule has 0 radical (unpaired) electrons. The molecule has 0 aliphatic carbocycles. The molecule has 3 fully saturated rings. The van der Waals surface area contributed by atoms with Crippen molar-refractivity contribution in [3.05, 3.63) is 0 Å². The molecule has 0 aromatic carbocycles. The van der Waals surface area contributed by atoms with Crippen LogP contribution in [0.15, 0.2) is 0 Å². The summed E-state index contributed by atoms with van der Waals surface area (Å²) in [5.74, 6) is 0.164. The Balaban J connectivity index is 1.52. The number of nitrogens with one attached hydrogen (secondary N) is 2. The Morgan fingerprint density at radius 2 is 1.95 bits per heavy atom. The highest BCUT2D eigenvalue weighted by Crippen LogP contribution is 2.32. The number of carbonyl (C=O) groups is 1. The van der Waals surface area contributed by atoms with Crippen LogP contribution in [-0.2, 0) is 9.53 Å². The molecule has 2 N–H and O–H groups in total. The minimum absolute atomic E-state index is 0.0700. The Morgan fingerprint density at radius 3 is 2.55 bits per heavy atom. The molecule has 3 aliphatic heterocycles. The summed E-state index contributed by atoms with van der Waals surface area (Å²) in [6.45, 7) is 0.785. The first-order valence-corrected chi connectivity index (χ1v) is 7.96. The molecule has 5 nitrogen and oxygen atoms in total. The maximum absolute atomic E-state index is 12.3. The lowest BCUT2D eigenvalue weighted by Crippen LogP contribution is -2.56. The van der Waals surface area contributed by atoms with Gasteiger partial charge in [0.25, 0.3) is 0 Å². The van der Waals surface area contributed by atoms with Crippen LogP contribution in [-0.4, -0.2) is 61.8 Å². The van der Waals surface area contributed by atoms with Crippen LogP contribution in [0.2, 0.25) is 0 Å². The third-order valence-electron chi connectivity index (χ3n) is 5.43. The second-order valence-electron chi connectivity index (χ2n) is 6.64. The normalized spacial score (nSPS) is 41.6. The summed E-state index contributed by atoms with van der Waals surface area (Å²) in [5, 5.41) is 6.53. The number of carbonyl (C=O) groups excluding carboxylic acids is 1. The van der Waals surface area contributed by atoms with Gasteiger partial charge in [-0.05, 0) is 39.2 Å². The predicted molar refractivity (Wildman–Crippen MR) is 77.6 cm³/mol. The number of ether oxygens (including phenoxy) is 1. The van der Waals surface area contributed by atoms with Gasteiger partial charge < -0.3 is 20.3 Å². The highest BCUT2D eigenvalue weighted by molar-refractivity contribution is 5.82. The third kappa shape index (κ3) is 2.85. The van der Waals surface area contributed by atoms with E-state index in [1.54, 1.807) is 7.11 Å². The van der Waals surface area contributed by atoms with Gasteiger partial charge in [0.1, 0.15) is 0 Å². The minimum Gasteiger partial charge on any atom is -0.380 e. The van der Waals surface area contributed by atoms with Crippen molar-refractivity contribution in [3.63, 3.8) is 0 Å². The fraction of sp³-hybridized carbons (Fsp3) is 0.933. The van der Waals surface area contributed by atoms with Gasteiger partial charge >= 0.3 is 0 Å². The molecule has 3 aliphatic rings. The lowest BCUT2D eigenvalue weighted by atomic mass is 9.82. The van der Waals surface area contributed by atoms with E-state index in [1.165, 1.54) is 19.3 Å². The van der Waals surface area contributed by atoms with E-state index in [9.17, 15) is 4.79 Å². The smallest absolute Gasteiger partial charge is 0.237 e. The molecule has 3 heterocycles. The van der Waals surface area contributed by atoms with Crippen molar-refractivity contribution in [1.29, 1.82) is 0 Å². The number of hydrogen-bond acceptors (Lipinski definition) is 4. The van der Waals surface area contributed by atoms with Gasteiger partial charge in [-0.1, -0.05) is 6.42 Å². The molecule has 5 heteroatoms. The van der Waals surface area contributed by atoms with E-state index < -0.39 is 0 Å². The molecule has 1 amide bonds. The highest BCUT2D eigenvalue weighted by Gasteiger charge is 2.38. The Labute approximate surface area is 121 Å². The second kappa shape index (κ2) is 6.00. The first-order valence-electron chi connectivity index (χ1n) is 7.96. The summed E-state index contributed by atoms with van der Waals surface area (Å²) in [5.41, 5.74) is 0. The number of methoxy groups -OCH3 is 1. The molecule has 114 valence electrons. The zero-order valence-corrected chi connectivity index (χ0v) is 12.6. The monoisotopic (exact) mass is 281 g/mol. The van der Waals surface area contributed by atoms with E-state index in [0.717, 1.165) is 25.8 Å². The molecule has 0 spiro atoms. The Morgan fingerprint density at radius 1 is 1.25 bits per heavy atom. The van der Waals surface area contributed by atoms with E-state index in [0.29, 0.717) is 18.1 Å². The molecular weight excluding hydrogens is 254 g/mol. The first-order chi connectivity index (χ1) is 9.67. The molecule has 3 rings (SSSR count). The average molecular weight is 281 g/mol. The molecule has 4 atom stereocenters. The number of amides is 1. The molecule has 0 aromatic heterocycles. The summed E-state index contributed by atoms with van der Waals surface area (Å²) >= 11 is 0. The molecule has 20 heavy (non-hydrogen) atoms. The Bertz CT molecular complexity index is 349. The number of fused-ring (bicyclic) bond motifs is 2. The summed E-state index contributed by atoms with van der Waals surface area (Å²) < 4.78 is 5.31. The van der Waals surface area contributed by atoms with Crippen molar-refractivity contribution in [2.45, 2.75) is 68.8 Å². The molecule has 0 saturated carbocycles. The molecule has 0 aromatic rings. The van der Waals surface area contributed by atoms with Crippen molar-refractivity contribution < 1.29 is 9.53 Å². The standard InChI is InChI=1S/C15H27N3O2/c1-18-11-4-3-5-12(18)7-10(6-11)17-15(19)14-8-13(20-2)9-16-14/h10-14,16H,3-9H2,1-2H3,(H,17,19). The fourth-order valence-electron chi connectivity index (χ4n) is 4.12. The van der Waals surface area contributed by atoms with Crippen molar-refractivity contribution >= 4 is 5.91 Å². The van der Waals surface area contributed by atoms with Crippen LogP contribution in [0, 0.1) is 0 Å².